The summed E-state index contributed by atoms with van der Waals surface area (Å²) in [5.74, 6) is 0.449. The van der Waals surface area contributed by atoms with E-state index in [1.807, 2.05) is 0 Å². The maximum absolute atomic E-state index is 11.7. The highest BCUT2D eigenvalue weighted by Gasteiger charge is 2.24. The molecule has 0 atom stereocenters. The van der Waals surface area contributed by atoms with E-state index in [4.69, 9.17) is 17.3 Å². The lowest BCUT2D eigenvalue weighted by atomic mass is 10.3. The van der Waals surface area contributed by atoms with Gasteiger partial charge in [-0.2, -0.15) is 4.98 Å². The van der Waals surface area contributed by atoms with Crippen LogP contribution in [0, 0.1) is 6.92 Å². The number of rotatable bonds is 4. The van der Waals surface area contributed by atoms with Crippen LogP contribution in [0.25, 0.3) is 0 Å². The standard InChI is InChI=1S/C11H16ClN5O/c1-6-9(13)10(16-11(12)14-6)17(2)5-8(18)15-7-3-4-7/h7H,3-5,13H2,1-2H3,(H,15,18). The molecule has 1 heterocycles. The van der Waals surface area contributed by atoms with Crippen molar-refractivity contribution in [2.24, 2.45) is 0 Å². The van der Waals surface area contributed by atoms with Gasteiger partial charge in [-0.05, 0) is 31.4 Å². The van der Waals surface area contributed by atoms with Gasteiger partial charge in [-0.25, -0.2) is 4.98 Å². The number of hydrogen-bond donors (Lipinski definition) is 2. The molecular formula is C11H16ClN5O. The molecule has 2 rings (SSSR count). The Hall–Kier alpha value is -1.56. The summed E-state index contributed by atoms with van der Waals surface area (Å²) >= 11 is 5.79. The second-order valence-corrected chi connectivity index (χ2v) is 4.85. The van der Waals surface area contributed by atoms with E-state index in [2.05, 4.69) is 15.3 Å². The number of aromatic nitrogens is 2. The Morgan fingerprint density at radius 3 is 2.83 bits per heavy atom. The van der Waals surface area contributed by atoms with Crippen LogP contribution in [-0.4, -0.2) is 35.5 Å². The average molecular weight is 270 g/mol. The van der Waals surface area contributed by atoms with Crippen molar-refractivity contribution in [3.63, 3.8) is 0 Å². The van der Waals surface area contributed by atoms with Gasteiger partial charge in [-0.3, -0.25) is 4.79 Å². The van der Waals surface area contributed by atoms with Crippen LogP contribution < -0.4 is 16.0 Å². The molecule has 0 unspecified atom stereocenters. The van der Waals surface area contributed by atoms with Gasteiger partial charge < -0.3 is 16.0 Å². The Labute approximate surface area is 111 Å². The topological polar surface area (TPSA) is 84.1 Å². The Bertz CT molecular complexity index is 475. The first-order valence-corrected chi connectivity index (χ1v) is 6.15. The SMILES string of the molecule is Cc1nc(Cl)nc(N(C)CC(=O)NC2CC2)c1N. The van der Waals surface area contributed by atoms with Crippen molar-refractivity contribution >= 4 is 29.0 Å². The van der Waals surface area contributed by atoms with E-state index in [1.165, 1.54) is 0 Å². The molecule has 3 N–H and O–H groups in total. The van der Waals surface area contributed by atoms with E-state index in [0.29, 0.717) is 23.2 Å². The highest BCUT2D eigenvalue weighted by Crippen LogP contribution is 2.23. The highest BCUT2D eigenvalue weighted by molar-refractivity contribution is 6.28. The van der Waals surface area contributed by atoms with Gasteiger partial charge in [-0.15, -0.1) is 0 Å². The molecular weight excluding hydrogens is 254 g/mol. The Kier molecular flexibility index (Phi) is 3.56. The van der Waals surface area contributed by atoms with E-state index in [9.17, 15) is 4.79 Å². The second-order valence-electron chi connectivity index (χ2n) is 4.51. The van der Waals surface area contributed by atoms with Gasteiger partial charge in [0.15, 0.2) is 5.82 Å². The van der Waals surface area contributed by atoms with Crippen LogP contribution >= 0.6 is 11.6 Å². The first kappa shape index (κ1) is 12.9. The van der Waals surface area contributed by atoms with Gasteiger partial charge in [0, 0.05) is 13.1 Å². The molecule has 0 spiro atoms. The first-order valence-electron chi connectivity index (χ1n) is 5.77. The summed E-state index contributed by atoms with van der Waals surface area (Å²) in [6, 6.07) is 0.346. The number of anilines is 2. The van der Waals surface area contributed by atoms with E-state index in [-0.39, 0.29) is 17.7 Å². The van der Waals surface area contributed by atoms with E-state index in [0.717, 1.165) is 12.8 Å². The van der Waals surface area contributed by atoms with Crippen LogP contribution in [0.5, 0.6) is 0 Å². The maximum Gasteiger partial charge on any atom is 0.239 e. The molecule has 7 heteroatoms. The number of likely N-dealkylation sites (N-methyl/N-ethyl adjacent to an activating group) is 1. The summed E-state index contributed by atoms with van der Waals surface area (Å²) in [5.41, 5.74) is 6.94. The van der Waals surface area contributed by atoms with Gasteiger partial charge in [0.1, 0.15) is 0 Å². The fourth-order valence-electron chi connectivity index (χ4n) is 1.62. The number of carbonyl (C=O) groups is 1. The summed E-state index contributed by atoms with van der Waals surface area (Å²) in [6.07, 6.45) is 2.13. The lowest BCUT2D eigenvalue weighted by Crippen LogP contribution is -2.37. The summed E-state index contributed by atoms with van der Waals surface area (Å²) in [5, 5.41) is 3.04. The van der Waals surface area contributed by atoms with Gasteiger partial charge in [0.05, 0.1) is 17.9 Å². The highest BCUT2D eigenvalue weighted by atomic mass is 35.5. The molecule has 0 radical (unpaired) electrons. The monoisotopic (exact) mass is 269 g/mol. The third-order valence-corrected chi connectivity index (χ3v) is 2.94. The molecule has 0 bridgehead atoms. The lowest BCUT2D eigenvalue weighted by Gasteiger charge is -2.20. The summed E-state index contributed by atoms with van der Waals surface area (Å²) in [7, 11) is 1.75. The van der Waals surface area contributed by atoms with E-state index in [1.54, 1.807) is 18.9 Å². The molecule has 1 aliphatic rings. The molecule has 1 aromatic rings. The largest absolute Gasteiger partial charge is 0.394 e. The molecule has 18 heavy (non-hydrogen) atoms. The van der Waals surface area contributed by atoms with Gasteiger partial charge in [-0.1, -0.05) is 0 Å². The quantitative estimate of drug-likeness (QED) is 0.788. The fraction of sp³-hybridized carbons (Fsp3) is 0.545. The zero-order chi connectivity index (χ0) is 13.3. The van der Waals surface area contributed by atoms with Crippen molar-refractivity contribution in [1.82, 2.24) is 15.3 Å². The minimum absolute atomic E-state index is 0.0354. The van der Waals surface area contributed by atoms with Crippen LogP contribution in [0.1, 0.15) is 18.5 Å². The Balaban J connectivity index is 2.07. The Morgan fingerprint density at radius 2 is 2.22 bits per heavy atom. The van der Waals surface area contributed by atoms with Crippen LogP contribution in [-0.2, 0) is 4.79 Å². The number of halogens is 1. The molecule has 1 fully saturated rings. The van der Waals surface area contributed by atoms with E-state index >= 15 is 0 Å². The zero-order valence-electron chi connectivity index (χ0n) is 10.4. The molecule has 1 saturated carbocycles. The van der Waals surface area contributed by atoms with Gasteiger partial charge >= 0.3 is 0 Å². The second kappa shape index (κ2) is 4.97. The third kappa shape index (κ3) is 3.01. The first-order chi connectivity index (χ1) is 8.47. The van der Waals surface area contributed by atoms with Crippen molar-refractivity contribution in [3.05, 3.63) is 11.0 Å². The maximum atomic E-state index is 11.7. The Morgan fingerprint density at radius 1 is 1.56 bits per heavy atom. The van der Waals surface area contributed by atoms with Crippen molar-refractivity contribution in [1.29, 1.82) is 0 Å². The minimum atomic E-state index is -0.0354. The van der Waals surface area contributed by atoms with Crippen LogP contribution in [0.15, 0.2) is 0 Å². The number of amides is 1. The summed E-state index contributed by atoms with van der Waals surface area (Å²) in [4.78, 5) is 21.4. The fourth-order valence-corrected chi connectivity index (χ4v) is 1.82. The van der Waals surface area contributed by atoms with Crippen molar-refractivity contribution in [2.45, 2.75) is 25.8 Å². The molecule has 0 aliphatic heterocycles. The van der Waals surface area contributed by atoms with E-state index < -0.39 is 0 Å². The number of nitrogens with two attached hydrogens (primary N) is 1. The third-order valence-electron chi connectivity index (χ3n) is 2.77. The number of aryl methyl sites for hydroxylation is 1. The molecule has 1 aromatic heterocycles. The smallest absolute Gasteiger partial charge is 0.239 e. The van der Waals surface area contributed by atoms with Crippen LogP contribution in [0.3, 0.4) is 0 Å². The molecule has 6 nitrogen and oxygen atoms in total. The number of nitrogens with one attached hydrogen (secondary N) is 1. The number of carbonyl (C=O) groups excluding carboxylic acids is 1. The molecule has 0 saturated heterocycles. The number of nitrogen functional groups attached to an aromatic ring is 1. The zero-order valence-corrected chi connectivity index (χ0v) is 11.2. The lowest BCUT2D eigenvalue weighted by molar-refractivity contribution is -0.119. The molecule has 1 aliphatic carbocycles. The van der Waals surface area contributed by atoms with Crippen molar-refractivity contribution < 1.29 is 4.79 Å². The predicted octanol–water partition coefficient (Wildman–Crippen LogP) is 0.735. The minimum Gasteiger partial charge on any atom is -0.394 e. The average Bonchev–Trinajstić information content (AvgIpc) is 3.06. The van der Waals surface area contributed by atoms with Crippen molar-refractivity contribution in [2.75, 3.05) is 24.2 Å². The predicted molar refractivity (Wildman–Crippen MR) is 70.6 cm³/mol. The summed E-state index contributed by atoms with van der Waals surface area (Å²) < 4.78 is 0. The number of hydrogen-bond acceptors (Lipinski definition) is 5. The normalized spacial score (nSPS) is 14.4. The van der Waals surface area contributed by atoms with Crippen molar-refractivity contribution in [3.8, 4) is 0 Å². The summed E-state index contributed by atoms with van der Waals surface area (Å²) in [6.45, 7) is 1.96. The van der Waals surface area contributed by atoms with Gasteiger partial charge in [0.2, 0.25) is 11.2 Å². The molecule has 98 valence electrons. The molecule has 1 amide bonds. The number of nitrogens with zero attached hydrogens (tertiary/aromatic N) is 3. The van der Waals surface area contributed by atoms with Gasteiger partial charge in [0.25, 0.3) is 0 Å². The van der Waals surface area contributed by atoms with Crippen LogP contribution in [0.2, 0.25) is 5.28 Å². The van der Waals surface area contributed by atoms with Crippen LogP contribution in [0.4, 0.5) is 11.5 Å². The molecule has 0 aromatic carbocycles.